The summed E-state index contributed by atoms with van der Waals surface area (Å²) in [6.45, 7) is 1.47. The smallest absolute Gasteiger partial charge is 0.325 e. The lowest BCUT2D eigenvalue weighted by molar-refractivity contribution is -0.137. The Morgan fingerprint density at radius 3 is 2.86 bits per heavy atom. The van der Waals surface area contributed by atoms with Crippen LogP contribution >= 0.6 is 0 Å². The summed E-state index contributed by atoms with van der Waals surface area (Å²) in [7, 11) is 0. The van der Waals surface area contributed by atoms with Gasteiger partial charge in [0.1, 0.15) is 6.54 Å². The molecule has 21 heavy (non-hydrogen) atoms. The third-order valence-corrected chi connectivity index (χ3v) is 3.20. The maximum atomic E-state index is 10.8. The van der Waals surface area contributed by atoms with Crippen LogP contribution in [0.3, 0.4) is 0 Å². The molecule has 7 heteroatoms. The molecule has 1 atom stereocenters. The Bertz CT molecular complexity index is 790. The van der Waals surface area contributed by atoms with Gasteiger partial charge in [-0.05, 0) is 25.1 Å². The summed E-state index contributed by atoms with van der Waals surface area (Å²) in [5.74, 6) is -0.953. The van der Waals surface area contributed by atoms with Gasteiger partial charge in [-0.2, -0.15) is 10.2 Å². The number of fused-ring (bicyclic) bond motifs is 1. The number of benzene rings is 1. The average Bonchev–Trinajstić information content (AvgIpc) is 3.04. The lowest BCUT2D eigenvalue weighted by atomic mass is 10.1. The highest BCUT2D eigenvalue weighted by molar-refractivity contribution is 5.82. The first kappa shape index (κ1) is 13.3. The van der Waals surface area contributed by atoms with E-state index in [0.717, 1.165) is 11.1 Å². The van der Waals surface area contributed by atoms with Gasteiger partial charge in [-0.3, -0.25) is 9.48 Å². The lowest BCUT2D eigenvalue weighted by Crippen LogP contribution is -2.08. The van der Waals surface area contributed by atoms with Crippen LogP contribution in [0, 0.1) is 0 Å². The van der Waals surface area contributed by atoms with Crippen LogP contribution in [-0.4, -0.2) is 35.7 Å². The van der Waals surface area contributed by atoms with Crippen LogP contribution in [-0.2, 0) is 11.3 Å². The Morgan fingerprint density at radius 1 is 1.43 bits per heavy atom. The highest BCUT2D eigenvalue weighted by Crippen LogP contribution is 2.26. The molecule has 0 fully saturated rings. The van der Waals surface area contributed by atoms with Crippen LogP contribution in [0.25, 0.3) is 16.6 Å². The van der Waals surface area contributed by atoms with Gasteiger partial charge >= 0.3 is 5.97 Å². The molecule has 1 aromatic carbocycles. The topological polar surface area (TPSA) is 93.2 Å². The van der Waals surface area contributed by atoms with Crippen molar-refractivity contribution >= 4 is 16.9 Å². The van der Waals surface area contributed by atoms with Gasteiger partial charge in [0.25, 0.3) is 0 Å². The summed E-state index contributed by atoms with van der Waals surface area (Å²) in [6.07, 6.45) is 4.43. The van der Waals surface area contributed by atoms with Gasteiger partial charge in [0.15, 0.2) is 0 Å². The summed E-state index contributed by atoms with van der Waals surface area (Å²) in [5, 5.41) is 28.0. The predicted molar refractivity (Wildman–Crippen MR) is 75.1 cm³/mol. The second-order valence-corrected chi connectivity index (χ2v) is 4.82. The summed E-state index contributed by atoms with van der Waals surface area (Å²) in [6, 6.07) is 5.40. The molecule has 2 heterocycles. The number of aromatic nitrogens is 4. The molecule has 3 rings (SSSR count). The molecule has 0 saturated heterocycles. The zero-order valence-corrected chi connectivity index (χ0v) is 11.3. The lowest BCUT2D eigenvalue weighted by Gasteiger charge is -2.12. The summed E-state index contributed by atoms with van der Waals surface area (Å²) in [5.41, 5.74) is 2.08. The molecule has 0 bridgehead atoms. The van der Waals surface area contributed by atoms with E-state index in [2.05, 4.69) is 10.2 Å². The first-order valence-electron chi connectivity index (χ1n) is 6.45. The molecular formula is C14H14N4O3. The van der Waals surface area contributed by atoms with Crippen molar-refractivity contribution in [2.75, 3.05) is 0 Å². The van der Waals surface area contributed by atoms with E-state index in [0.29, 0.717) is 11.1 Å². The van der Waals surface area contributed by atoms with E-state index in [-0.39, 0.29) is 6.54 Å². The van der Waals surface area contributed by atoms with E-state index in [1.165, 1.54) is 4.68 Å². The van der Waals surface area contributed by atoms with Crippen molar-refractivity contribution in [2.24, 2.45) is 0 Å². The standard InChI is InChI=1S/C14H14N4O3/c1-9(19)11-6-12-10(7-17(16-12)8-14(20)21)5-13(11)18-4-2-3-15-18/h2-7,9,19H,8H2,1H3,(H,20,21). The molecule has 0 amide bonds. The van der Waals surface area contributed by atoms with Crippen LogP contribution in [0.15, 0.2) is 36.8 Å². The number of aliphatic hydroxyl groups excluding tert-OH is 1. The fraction of sp³-hybridized carbons (Fsp3) is 0.214. The summed E-state index contributed by atoms with van der Waals surface area (Å²) in [4.78, 5) is 10.8. The normalized spacial score (nSPS) is 12.7. The highest BCUT2D eigenvalue weighted by Gasteiger charge is 2.14. The number of aliphatic hydroxyl groups is 1. The van der Waals surface area contributed by atoms with Gasteiger partial charge < -0.3 is 10.2 Å². The van der Waals surface area contributed by atoms with Gasteiger partial charge in [-0.25, -0.2) is 4.68 Å². The number of carbonyl (C=O) groups is 1. The van der Waals surface area contributed by atoms with Gasteiger partial charge in [-0.15, -0.1) is 0 Å². The summed E-state index contributed by atoms with van der Waals surface area (Å²) < 4.78 is 3.03. The first-order valence-corrected chi connectivity index (χ1v) is 6.45. The van der Waals surface area contributed by atoms with Crippen LogP contribution in [0.5, 0.6) is 0 Å². The van der Waals surface area contributed by atoms with Crippen molar-refractivity contribution in [3.05, 3.63) is 42.4 Å². The fourth-order valence-corrected chi connectivity index (χ4v) is 2.29. The number of rotatable bonds is 4. The van der Waals surface area contributed by atoms with E-state index in [1.54, 1.807) is 42.3 Å². The molecule has 3 aromatic rings. The molecule has 0 radical (unpaired) electrons. The Labute approximate surface area is 120 Å². The quantitative estimate of drug-likeness (QED) is 0.755. The maximum absolute atomic E-state index is 10.8. The van der Waals surface area contributed by atoms with Gasteiger partial charge in [0.2, 0.25) is 0 Å². The minimum absolute atomic E-state index is 0.199. The number of hydrogen-bond acceptors (Lipinski definition) is 4. The van der Waals surface area contributed by atoms with Crippen molar-refractivity contribution in [2.45, 2.75) is 19.6 Å². The zero-order chi connectivity index (χ0) is 15.0. The van der Waals surface area contributed by atoms with Crippen molar-refractivity contribution in [1.82, 2.24) is 19.6 Å². The second kappa shape index (κ2) is 5.02. The van der Waals surface area contributed by atoms with Gasteiger partial charge in [0, 0.05) is 29.5 Å². The third kappa shape index (κ3) is 2.50. The van der Waals surface area contributed by atoms with E-state index in [9.17, 15) is 9.90 Å². The Balaban J connectivity index is 2.17. The van der Waals surface area contributed by atoms with Crippen molar-refractivity contribution < 1.29 is 15.0 Å². The Morgan fingerprint density at radius 2 is 2.24 bits per heavy atom. The van der Waals surface area contributed by atoms with Crippen molar-refractivity contribution in [1.29, 1.82) is 0 Å². The molecule has 0 aliphatic carbocycles. The van der Waals surface area contributed by atoms with Crippen molar-refractivity contribution in [3.63, 3.8) is 0 Å². The highest BCUT2D eigenvalue weighted by atomic mass is 16.4. The number of hydrogen-bond donors (Lipinski definition) is 2. The molecule has 2 aromatic heterocycles. The monoisotopic (exact) mass is 286 g/mol. The molecule has 0 spiro atoms. The number of nitrogens with zero attached hydrogens (tertiary/aromatic N) is 4. The largest absolute Gasteiger partial charge is 0.480 e. The molecule has 0 saturated carbocycles. The Hall–Kier alpha value is -2.67. The Kier molecular flexibility index (Phi) is 3.19. The molecule has 0 aliphatic rings. The van der Waals surface area contributed by atoms with Crippen LogP contribution in [0.4, 0.5) is 0 Å². The molecule has 2 N–H and O–H groups in total. The van der Waals surface area contributed by atoms with E-state index < -0.39 is 12.1 Å². The van der Waals surface area contributed by atoms with Gasteiger partial charge in [0.05, 0.1) is 17.3 Å². The minimum Gasteiger partial charge on any atom is -0.480 e. The average molecular weight is 286 g/mol. The molecule has 0 aliphatic heterocycles. The van der Waals surface area contributed by atoms with Crippen LogP contribution < -0.4 is 0 Å². The van der Waals surface area contributed by atoms with Crippen LogP contribution in [0.2, 0.25) is 0 Å². The fourth-order valence-electron chi connectivity index (χ4n) is 2.29. The van der Waals surface area contributed by atoms with E-state index >= 15 is 0 Å². The third-order valence-electron chi connectivity index (χ3n) is 3.20. The maximum Gasteiger partial charge on any atom is 0.325 e. The van der Waals surface area contributed by atoms with E-state index in [1.807, 2.05) is 6.07 Å². The summed E-state index contributed by atoms with van der Waals surface area (Å²) >= 11 is 0. The van der Waals surface area contributed by atoms with Gasteiger partial charge in [-0.1, -0.05) is 0 Å². The molecular weight excluding hydrogens is 272 g/mol. The SMILES string of the molecule is CC(O)c1cc2nn(CC(=O)O)cc2cc1-n1cccn1. The van der Waals surface area contributed by atoms with Crippen LogP contribution in [0.1, 0.15) is 18.6 Å². The first-order chi connectivity index (χ1) is 10.0. The van der Waals surface area contributed by atoms with Crippen molar-refractivity contribution in [3.8, 4) is 5.69 Å². The molecule has 7 nitrogen and oxygen atoms in total. The number of carboxylic acids is 1. The van der Waals surface area contributed by atoms with E-state index in [4.69, 9.17) is 5.11 Å². The molecule has 1 unspecified atom stereocenters. The number of carboxylic acid groups (broad SMARTS) is 1. The minimum atomic E-state index is -0.953. The molecule has 108 valence electrons. The second-order valence-electron chi connectivity index (χ2n) is 4.82. The predicted octanol–water partition coefficient (Wildman–Crippen LogP) is 1.36. The number of aliphatic carboxylic acids is 1. The zero-order valence-electron chi connectivity index (χ0n) is 11.3.